The lowest BCUT2D eigenvalue weighted by atomic mass is 9.96. The molecule has 1 fully saturated rings. The van der Waals surface area contributed by atoms with E-state index in [-0.39, 0.29) is 17.5 Å². The highest BCUT2D eigenvalue weighted by Crippen LogP contribution is 2.35. The maximum absolute atomic E-state index is 12.6. The van der Waals surface area contributed by atoms with Gasteiger partial charge in [0.2, 0.25) is 0 Å². The number of aromatic nitrogens is 2. The second-order valence-electron chi connectivity index (χ2n) is 7.25. The summed E-state index contributed by atoms with van der Waals surface area (Å²) in [4.78, 5) is 19.4. The van der Waals surface area contributed by atoms with Crippen LogP contribution in [0, 0.1) is 0 Å². The molecule has 1 saturated heterocycles. The predicted molar refractivity (Wildman–Crippen MR) is 112 cm³/mol. The summed E-state index contributed by atoms with van der Waals surface area (Å²) in [5.41, 5.74) is 2.70. The highest BCUT2D eigenvalue weighted by Gasteiger charge is 2.26. The van der Waals surface area contributed by atoms with E-state index in [2.05, 4.69) is 9.88 Å². The normalized spacial score (nSPS) is 16.1. The summed E-state index contributed by atoms with van der Waals surface area (Å²) in [6, 6.07) is 13.4. The number of nitrogens with zero attached hydrogens (tertiary/aromatic N) is 3. The van der Waals surface area contributed by atoms with Gasteiger partial charge >= 0.3 is 0 Å². The summed E-state index contributed by atoms with van der Waals surface area (Å²) in [5, 5.41) is 1.36. The molecule has 0 amide bonds. The van der Waals surface area contributed by atoms with Crippen molar-refractivity contribution in [3.8, 4) is 0 Å². The van der Waals surface area contributed by atoms with Crippen molar-refractivity contribution in [2.75, 3.05) is 18.0 Å². The highest BCUT2D eigenvalue weighted by atomic mass is 35.5. The fourth-order valence-electron chi connectivity index (χ4n) is 4.07. The molecule has 4 aromatic rings. The van der Waals surface area contributed by atoms with Gasteiger partial charge < -0.3 is 13.9 Å². The summed E-state index contributed by atoms with van der Waals surface area (Å²) in [5.74, 6) is 1.00. The molecule has 5 nitrogen and oxygen atoms in total. The lowest BCUT2D eigenvalue weighted by molar-refractivity contribution is 0.407. The maximum atomic E-state index is 12.6. The van der Waals surface area contributed by atoms with E-state index in [0.717, 1.165) is 48.3 Å². The molecule has 0 unspecified atom stereocenters. The number of anilines is 1. The number of halogens is 1. The number of para-hydroxylation sites is 3. The topological polar surface area (TPSA) is 51.3 Å². The van der Waals surface area contributed by atoms with Gasteiger partial charge in [0.1, 0.15) is 5.52 Å². The van der Waals surface area contributed by atoms with Gasteiger partial charge in [0.15, 0.2) is 11.5 Å². The summed E-state index contributed by atoms with van der Waals surface area (Å²) < 4.78 is 15.9. The van der Waals surface area contributed by atoms with Crippen LogP contribution in [0.1, 0.15) is 26.0 Å². The van der Waals surface area contributed by atoms with Gasteiger partial charge in [-0.15, -0.1) is 0 Å². The standard InChI is InChI=1S/C22H20ClN3O2/c1-25-20(27)13-18(15-5-4-6-16(23)21(15)25)26-11-9-14(10-12-26)22-24-17-7-2-3-8-19(17)28-22/h2-8,13-14H,9-12H2,1H3/i13D. The third-order valence-electron chi connectivity index (χ3n) is 5.58. The molecule has 2 aromatic carbocycles. The third kappa shape index (κ3) is 2.78. The highest BCUT2D eigenvalue weighted by molar-refractivity contribution is 6.35. The van der Waals surface area contributed by atoms with Crippen molar-refractivity contribution in [2.24, 2.45) is 7.05 Å². The monoisotopic (exact) mass is 394 g/mol. The van der Waals surface area contributed by atoms with Crippen LogP contribution in [-0.2, 0) is 7.05 Å². The van der Waals surface area contributed by atoms with Crippen LogP contribution in [0.4, 0.5) is 5.69 Å². The van der Waals surface area contributed by atoms with Crippen molar-refractivity contribution >= 4 is 39.3 Å². The molecule has 0 atom stereocenters. The Morgan fingerprint density at radius 3 is 2.75 bits per heavy atom. The molecule has 3 heterocycles. The maximum Gasteiger partial charge on any atom is 0.252 e. The zero-order chi connectivity index (χ0) is 20.1. The van der Waals surface area contributed by atoms with Crippen LogP contribution in [0.3, 0.4) is 0 Å². The molecule has 1 aliphatic rings. The molecule has 1 aliphatic heterocycles. The smallest absolute Gasteiger partial charge is 0.252 e. The van der Waals surface area contributed by atoms with E-state index in [1.807, 2.05) is 36.4 Å². The first-order valence-corrected chi connectivity index (χ1v) is 9.80. The molecule has 2 aromatic heterocycles. The van der Waals surface area contributed by atoms with E-state index in [1.54, 1.807) is 13.1 Å². The van der Waals surface area contributed by atoms with E-state index in [9.17, 15) is 4.79 Å². The van der Waals surface area contributed by atoms with Crippen molar-refractivity contribution in [1.29, 1.82) is 0 Å². The lowest BCUT2D eigenvalue weighted by Gasteiger charge is -2.33. The number of aryl methyl sites for hydroxylation is 1. The van der Waals surface area contributed by atoms with E-state index >= 15 is 0 Å². The van der Waals surface area contributed by atoms with Gasteiger partial charge in [0, 0.05) is 37.5 Å². The Kier molecular flexibility index (Phi) is 3.86. The fraction of sp³-hybridized carbons (Fsp3) is 0.273. The van der Waals surface area contributed by atoms with Crippen LogP contribution in [0.2, 0.25) is 5.02 Å². The molecule has 0 spiro atoms. The minimum atomic E-state index is -0.332. The Balaban J connectivity index is 1.49. The van der Waals surface area contributed by atoms with Crippen LogP contribution in [0.15, 0.2) is 57.7 Å². The Labute approximate surface area is 168 Å². The van der Waals surface area contributed by atoms with Crippen molar-refractivity contribution in [1.82, 2.24) is 9.55 Å². The number of oxazole rings is 1. The first-order chi connectivity index (χ1) is 14.0. The summed E-state index contributed by atoms with van der Waals surface area (Å²) in [7, 11) is 1.66. The van der Waals surface area contributed by atoms with Gasteiger partial charge in [-0.05, 0) is 31.0 Å². The van der Waals surface area contributed by atoms with Gasteiger partial charge in [0.25, 0.3) is 5.56 Å². The zero-order valence-electron chi connectivity index (χ0n) is 16.5. The van der Waals surface area contributed by atoms with Gasteiger partial charge in [-0.3, -0.25) is 4.79 Å². The summed E-state index contributed by atoms with van der Waals surface area (Å²) in [6.45, 7) is 1.45. The molecular weight excluding hydrogens is 374 g/mol. The SMILES string of the molecule is [2H]c1c(N2CCC(c3nc4ccccc4o3)CC2)c2cccc(Cl)c2n(C)c1=O. The second-order valence-corrected chi connectivity index (χ2v) is 7.66. The van der Waals surface area contributed by atoms with Crippen molar-refractivity contribution < 1.29 is 5.79 Å². The van der Waals surface area contributed by atoms with E-state index in [1.165, 1.54) is 4.57 Å². The van der Waals surface area contributed by atoms with Crippen LogP contribution >= 0.6 is 11.6 Å². The Hall–Kier alpha value is -2.79. The lowest BCUT2D eigenvalue weighted by Crippen LogP contribution is -2.34. The first kappa shape index (κ1) is 16.2. The first-order valence-electron chi connectivity index (χ1n) is 9.93. The van der Waals surface area contributed by atoms with Gasteiger partial charge in [-0.1, -0.05) is 35.9 Å². The quantitative estimate of drug-likeness (QED) is 0.493. The minimum absolute atomic E-state index is 0.0163. The zero-order valence-corrected chi connectivity index (χ0v) is 16.2. The number of fused-ring (bicyclic) bond motifs is 2. The van der Waals surface area contributed by atoms with Crippen LogP contribution < -0.4 is 10.5 Å². The van der Waals surface area contributed by atoms with Gasteiger partial charge in [0.05, 0.1) is 17.6 Å². The number of piperidine rings is 1. The Morgan fingerprint density at radius 2 is 1.96 bits per heavy atom. The van der Waals surface area contributed by atoms with Crippen molar-refractivity contribution in [3.05, 3.63) is 69.8 Å². The van der Waals surface area contributed by atoms with Crippen molar-refractivity contribution in [2.45, 2.75) is 18.8 Å². The van der Waals surface area contributed by atoms with Crippen LogP contribution in [0.5, 0.6) is 0 Å². The number of hydrogen-bond donors (Lipinski definition) is 0. The molecule has 0 bridgehead atoms. The number of hydrogen-bond acceptors (Lipinski definition) is 4. The predicted octanol–water partition coefficient (Wildman–Crippen LogP) is 4.72. The largest absolute Gasteiger partial charge is 0.440 e. The average Bonchev–Trinajstić information content (AvgIpc) is 3.17. The van der Waals surface area contributed by atoms with Gasteiger partial charge in [-0.2, -0.15) is 0 Å². The fourth-order valence-corrected chi connectivity index (χ4v) is 4.37. The molecule has 6 heteroatoms. The number of pyridine rings is 1. The molecule has 0 saturated carbocycles. The molecule has 0 N–H and O–H groups in total. The Bertz CT molecular complexity index is 1260. The number of rotatable bonds is 2. The second kappa shape index (κ2) is 6.67. The minimum Gasteiger partial charge on any atom is -0.440 e. The molecule has 0 radical (unpaired) electrons. The Morgan fingerprint density at radius 1 is 1.18 bits per heavy atom. The van der Waals surface area contributed by atoms with Gasteiger partial charge in [-0.25, -0.2) is 4.98 Å². The molecule has 5 rings (SSSR count). The van der Waals surface area contributed by atoms with Crippen LogP contribution in [0.25, 0.3) is 22.0 Å². The summed E-state index contributed by atoms with van der Waals surface area (Å²) in [6.07, 6.45) is 1.70. The molecular formula is C22H20ClN3O2. The van der Waals surface area contributed by atoms with Crippen molar-refractivity contribution in [3.63, 3.8) is 0 Å². The number of benzene rings is 2. The van der Waals surface area contributed by atoms with E-state index < -0.39 is 0 Å². The average molecular weight is 395 g/mol. The third-order valence-corrected chi connectivity index (χ3v) is 5.88. The molecule has 0 aliphatic carbocycles. The molecule has 142 valence electrons. The van der Waals surface area contributed by atoms with E-state index in [0.29, 0.717) is 16.2 Å². The summed E-state index contributed by atoms with van der Waals surface area (Å²) >= 11 is 6.38. The van der Waals surface area contributed by atoms with Crippen LogP contribution in [-0.4, -0.2) is 22.6 Å². The van der Waals surface area contributed by atoms with E-state index in [4.69, 9.17) is 17.4 Å². The molecule has 28 heavy (non-hydrogen) atoms.